The van der Waals surface area contributed by atoms with E-state index in [2.05, 4.69) is 22.0 Å². The maximum Gasteiger partial charge on any atom is 0.154 e. The Morgan fingerprint density at radius 3 is 2.33 bits per heavy atom. The van der Waals surface area contributed by atoms with Crippen LogP contribution >= 0.6 is 15.9 Å². The highest BCUT2D eigenvalue weighted by Crippen LogP contribution is 2.21. The second-order valence-electron chi connectivity index (χ2n) is 5.07. The maximum absolute atomic E-state index is 12.3. The van der Waals surface area contributed by atoms with Crippen molar-refractivity contribution in [2.75, 3.05) is 0 Å². The van der Waals surface area contributed by atoms with Gasteiger partial charge in [0.1, 0.15) is 5.92 Å². The fraction of sp³-hybridized carbons (Fsp3) is 0.222. The summed E-state index contributed by atoms with van der Waals surface area (Å²) in [6.45, 7) is 2.04. The van der Waals surface area contributed by atoms with Gasteiger partial charge in [0.15, 0.2) is 5.78 Å². The number of nitrogens with zero attached hydrogens (tertiary/aromatic N) is 1. The van der Waals surface area contributed by atoms with E-state index < -0.39 is 5.92 Å². The van der Waals surface area contributed by atoms with Crippen LogP contribution in [0, 0.1) is 18.3 Å². The molecule has 0 amide bonds. The van der Waals surface area contributed by atoms with Gasteiger partial charge in [0.25, 0.3) is 0 Å². The van der Waals surface area contributed by atoms with Crippen molar-refractivity contribution in [3.63, 3.8) is 0 Å². The molecule has 0 heterocycles. The minimum Gasteiger partial charge on any atom is -0.298 e. The van der Waals surface area contributed by atoms with Crippen molar-refractivity contribution in [3.05, 3.63) is 69.7 Å². The summed E-state index contributed by atoms with van der Waals surface area (Å²) in [7, 11) is 0. The van der Waals surface area contributed by atoms with E-state index in [1.54, 1.807) is 0 Å². The number of hydrogen-bond acceptors (Lipinski definition) is 2. The summed E-state index contributed by atoms with van der Waals surface area (Å²) in [5, 5.41) is 9.27. The van der Waals surface area contributed by atoms with Gasteiger partial charge in [-0.15, -0.1) is 0 Å². The lowest BCUT2D eigenvalue weighted by molar-refractivity contribution is -0.119. The zero-order valence-corrected chi connectivity index (χ0v) is 13.4. The molecular formula is C18H16BrNO. The smallest absolute Gasteiger partial charge is 0.154 e. The molecule has 0 aromatic heterocycles. The van der Waals surface area contributed by atoms with Crippen LogP contribution in [0.2, 0.25) is 0 Å². The molecule has 0 aliphatic heterocycles. The minimum absolute atomic E-state index is 0.0274. The summed E-state index contributed by atoms with van der Waals surface area (Å²) in [4.78, 5) is 12.3. The van der Waals surface area contributed by atoms with Crippen molar-refractivity contribution in [3.8, 4) is 6.07 Å². The van der Waals surface area contributed by atoms with Gasteiger partial charge in [0.05, 0.1) is 6.07 Å². The molecule has 106 valence electrons. The number of Topliss-reactive ketones (excluding diaryl/α,β-unsaturated/α-hetero) is 1. The fourth-order valence-corrected chi connectivity index (χ4v) is 2.42. The number of aryl methyl sites for hydroxylation is 2. The standard InChI is InChI=1S/C18H16BrNO/c1-13-2-4-14(5-3-13)6-11-18(21)17(12-20)15-7-9-16(19)10-8-15/h2-5,7-10,17H,6,11H2,1H3. The predicted molar refractivity (Wildman–Crippen MR) is 87.0 cm³/mol. The zero-order valence-electron chi connectivity index (χ0n) is 11.8. The monoisotopic (exact) mass is 341 g/mol. The lowest BCUT2D eigenvalue weighted by atomic mass is 9.92. The fourth-order valence-electron chi connectivity index (χ4n) is 2.15. The Bertz CT molecular complexity index is 653. The van der Waals surface area contributed by atoms with Crippen molar-refractivity contribution in [2.24, 2.45) is 0 Å². The molecule has 1 unspecified atom stereocenters. The van der Waals surface area contributed by atoms with Gasteiger partial charge < -0.3 is 0 Å². The molecule has 0 bridgehead atoms. The average molecular weight is 342 g/mol. The molecule has 0 radical (unpaired) electrons. The van der Waals surface area contributed by atoms with Crippen LogP contribution in [-0.2, 0) is 11.2 Å². The highest BCUT2D eigenvalue weighted by atomic mass is 79.9. The van der Waals surface area contributed by atoms with Gasteiger partial charge in [-0.05, 0) is 36.6 Å². The third-order valence-corrected chi connectivity index (χ3v) is 3.96. The number of carbonyl (C=O) groups excluding carboxylic acids is 1. The number of rotatable bonds is 5. The Morgan fingerprint density at radius 2 is 1.76 bits per heavy atom. The Labute approximate surface area is 133 Å². The van der Waals surface area contributed by atoms with Crippen molar-refractivity contribution >= 4 is 21.7 Å². The highest BCUT2D eigenvalue weighted by Gasteiger charge is 2.19. The van der Waals surface area contributed by atoms with Crippen molar-refractivity contribution < 1.29 is 4.79 Å². The summed E-state index contributed by atoms with van der Waals surface area (Å²) in [5.41, 5.74) is 3.09. The zero-order chi connectivity index (χ0) is 15.2. The van der Waals surface area contributed by atoms with Gasteiger partial charge in [-0.2, -0.15) is 5.26 Å². The van der Waals surface area contributed by atoms with E-state index in [1.807, 2.05) is 55.5 Å². The molecule has 2 rings (SSSR count). The Balaban J connectivity index is 2.02. The molecule has 0 fully saturated rings. The van der Waals surface area contributed by atoms with Crippen molar-refractivity contribution in [2.45, 2.75) is 25.7 Å². The first-order chi connectivity index (χ1) is 10.1. The summed E-state index contributed by atoms with van der Waals surface area (Å²) in [6, 6.07) is 17.6. The van der Waals surface area contributed by atoms with E-state index in [4.69, 9.17) is 0 Å². The largest absolute Gasteiger partial charge is 0.298 e. The van der Waals surface area contributed by atoms with Crippen LogP contribution < -0.4 is 0 Å². The van der Waals surface area contributed by atoms with Gasteiger partial charge in [0.2, 0.25) is 0 Å². The third kappa shape index (κ3) is 4.27. The van der Waals surface area contributed by atoms with E-state index in [0.29, 0.717) is 12.8 Å². The van der Waals surface area contributed by atoms with E-state index in [-0.39, 0.29) is 5.78 Å². The highest BCUT2D eigenvalue weighted by molar-refractivity contribution is 9.10. The molecule has 0 saturated carbocycles. The number of ketones is 1. The van der Waals surface area contributed by atoms with Crippen LogP contribution in [0.4, 0.5) is 0 Å². The van der Waals surface area contributed by atoms with Gasteiger partial charge in [-0.3, -0.25) is 4.79 Å². The third-order valence-electron chi connectivity index (χ3n) is 3.44. The van der Waals surface area contributed by atoms with Crippen LogP contribution in [-0.4, -0.2) is 5.78 Å². The van der Waals surface area contributed by atoms with Gasteiger partial charge in [-0.1, -0.05) is 57.9 Å². The average Bonchev–Trinajstić information content (AvgIpc) is 2.49. The molecule has 0 spiro atoms. The van der Waals surface area contributed by atoms with Crippen LogP contribution in [0.5, 0.6) is 0 Å². The number of hydrogen-bond donors (Lipinski definition) is 0. The van der Waals surface area contributed by atoms with Gasteiger partial charge in [0, 0.05) is 10.9 Å². The molecule has 2 nitrogen and oxygen atoms in total. The molecule has 0 saturated heterocycles. The van der Waals surface area contributed by atoms with E-state index in [0.717, 1.165) is 15.6 Å². The van der Waals surface area contributed by atoms with Gasteiger partial charge in [-0.25, -0.2) is 0 Å². The molecule has 1 atom stereocenters. The number of nitriles is 1. The molecule has 0 aliphatic rings. The second kappa shape index (κ2) is 7.19. The van der Waals surface area contributed by atoms with E-state index >= 15 is 0 Å². The summed E-state index contributed by atoms with van der Waals surface area (Å²) in [5.74, 6) is -0.705. The maximum atomic E-state index is 12.3. The van der Waals surface area contributed by atoms with E-state index in [9.17, 15) is 10.1 Å². The lowest BCUT2D eigenvalue weighted by Gasteiger charge is -2.09. The van der Waals surface area contributed by atoms with Gasteiger partial charge >= 0.3 is 0 Å². The second-order valence-corrected chi connectivity index (χ2v) is 5.98. The van der Waals surface area contributed by atoms with Crippen LogP contribution in [0.25, 0.3) is 0 Å². The summed E-state index contributed by atoms with van der Waals surface area (Å²) >= 11 is 3.35. The first-order valence-corrected chi connectivity index (χ1v) is 7.63. The number of benzene rings is 2. The first kappa shape index (κ1) is 15.5. The molecule has 0 N–H and O–H groups in total. The quantitative estimate of drug-likeness (QED) is 0.799. The minimum atomic E-state index is -0.677. The van der Waals surface area contributed by atoms with Crippen LogP contribution in [0.1, 0.15) is 29.0 Å². The summed E-state index contributed by atoms with van der Waals surface area (Å²) in [6.07, 6.45) is 1.06. The van der Waals surface area contributed by atoms with Crippen molar-refractivity contribution in [1.29, 1.82) is 5.26 Å². The normalized spacial score (nSPS) is 11.7. The molecule has 0 aliphatic carbocycles. The molecule has 3 heteroatoms. The SMILES string of the molecule is Cc1ccc(CCC(=O)C(C#N)c2ccc(Br)cc2)cc1. The first-order valence-electron chi connectivity index (χ1n) is 6.83. The predicted octanol–water partition coefficient (Wildman–Crippen LogP) is 4.57. The number of carbonyl (C=O) groups is 1. The Hall–Kier alpha value is -1.92. The van der Waals surface area contributed by atoms with E-state index in [1.165, 1.54) is 5.56 Å². The van der Waals surface area contributed by atoms with Crippen molar-refractivity contribution in [1.82, 2.24) is 0 Å². The Kier molecular flexibility index (Phi) is 5.30. The Morgan fingerprint density at radius 1 is 1.14 bits per heavy atom. The summed E-state index contributed by atoms with van der Waals surface area (Å²) < 4.78 is 0.940. The number of halogens is 1. The molecular weight excluding hydrogens is 326 g/mol. The lowest BCUT2D eigenvalue weighted by Crippen LogP contribution is -2.11. The molecule has 21 heavy (non-hydrogen) atoms. The topological polar surface area (TPSA) is 40.9 Å². The van der Waals surface area contributed by atoms with Crippen LogP contribution in [0.15, 0.2) is 53.0 Å². The molecule has 2 aromatic carbocycles. The van der Waals surface area contributed by atoms with Crippen LogP contribution in [0.3, 0.4) is 0 Å². The molecule has 2 aromatic rings.